The number of methoxy groups -OCH3 is 1. The van der Waals surface area contributed by atoms with Crippen LogP contribution in [0.4, 0.5) is 13.2 Å². The van der Waals surface area contributed by atoms with Crippen LogP contribution in [0.5, 0.6) is 0 Å². The van der Waals surface area contributed by atoms with Crippen LogP contribution in [0.1, 0.15) is 31.0 Å². The zero-order chi connectivity index (χ0) is 15.7. The average Bonchev–Trinajstić information content (AvgIpc) is 2.34. The van der Waals surface area contributed by atoms with Gasteiger partial charge in [0.25, 0.3) is 0 Å². The highest BCUT2D eigenvalue weighted by atomic mass is 79.9. The summed E-state index contributed by atoms with van der Waals surface area (Å²) < 4.78 is 43.2. The van der Waals surface area contributed by atoms with Crippen molar-refractivity contribution in [2.75, 3.05) is 7.11 Å². The van der Waals surface area contributed by atoms with Gasteiger partial charge >= 0.3 is 12.1 Å². The largest absolute Gasteiger partial charge is 0.469 e. The van der Waals surface area contributed by atoms with Gasteiger partial charge in [0.1, 0.15) is 0 Å². The minimum absolute atomic E-state index is 0.210. The van der Waals surface area contributed by atoms with E-state index in [0.717, 1.165) is 12.1 Å². The monoisotopic (exact) mass is 353 g/mol. The fourth-order valence-electron chi connectivity index (χ4n) is 1.76. The van der Waals surface area contributed by atoms with Crippen LogP contribution in [0, 0.1) is 5.41 Å². The Kier molecular flexibility index (Phi) is 4.86. The quantitative estimate of drug-likeness (QED) is 0.843. The molecule has 0 aliphatic rings. The van der Waals surface area contributed by atoms with Crippen molar-refractivity contribution in [3.05, 3.63) is 33.8 Å². The molecule has 0 aliphatic heterocycles. The van der Waals surface area contributed by atoms with Gasteiger partial charge in [-0.2, -0.15) is 13.2 Å². The predicted octanol–water partition coefficient (Wildman–Crippen LogP) is 3.67. The third-order valence-corrected chi connectivity index (χ3v) is 3.55. The maximum atomic E-state index is 12.8. The van der Waals surface area contributed by atoms with Crippen molar-refractivity contribution in [2.24, 2.45) is 11.1 Å². The van der Waals surface area contributed by atoms with E-state index in [-0.39, 0.29) is 10.0 Å². The van der Waals surface area contributed by atoms with Gasteiger partial charge < -0.3 is 10.5 Å². The number of nitrogens with two attached hydrogens (primary N) is 1. The summed E-state index contributed by atoms with van der Waals surface area (Å²) in [5, 5.41) is 0. The number of alkyl halides is 3. The molecule has 1 atom stereocenters. The van der Waals surface area contributed by atoms with Crippen molar-refractivity contribution >= 4 is 21.9 Å². The van der Waals surface area contributed by atoms with Gasteiger partial charge in [-0.05, 0) is 37.6 Å². The molecule has 7 heteroatoms. The molecule has 1 rings (SSSR count). The number of rotatable bonds is 3. The summed E-state index contributed by atoms with van der Waals surface area (Å²) in [7, 11) is 1.21. The van der Waals surface area contributed by atoms with Crippen molar-refractivity contribution in [3.63, 3.8) is 0 Å². The third-order valence-electron chi connectivity index (χ3n) is 3.10. The van der Waals surface area contributed by atoms with Gasteiger partial charge in [-0.1, -0.05) is 15.9 Å². The summed E-state index contributed by atoms with van der Waals surface area (Å²) >= 11 is 3.02. The fraction of sp³-hybridized carbons (Fsp3) is 0.462. The molecular weight excluding hydrogens is 339 g/mol. The topological polar surface area (TPSA) is 52.3 Å². The van der Waals surface area contributed by atoms with Gasteiger partial charge in [0, 0.05) is 10.5 Å². The number of halogens is 4. The van der Waals surface area contributed by atoms with Crippen LogP contribution < -0.4 is 5.73 Å². The van der Waals surface area contributed by atoms with Crippen LogP contribution in [0.3, 0.4) is 0 Å². The summed E-state index contributed by atoms with van der Waals surface area (Å²) in [6.07, 6.45) is -4.48. The first-order chi connectivity index (χ1) is 9.00. The Morgan fingerprint density at radius 3 is 2.30 bits per heavy atom. The lowest BCUT2D eigenvalue weighted by molar-refractivity contribution is -0.152. The first kappa shape index (κ1) is 17.0. The Balaban J connectivity index is 3.27. The van der Waals surface area contributed by atoms with E-state index in [0.29, 0.717) is 0 Å². The molecule has 0 aliphatic carbocycles. The first-order valence-corrected chi connectivity index (χ1v) is 6.51. The molecule has 0 bridgehead atoms. The van der Waals surface area contributed by atoms with Crippen molar-refractivity contribution in [1.29, 1.82) is 0 Å². The Hall–Kier alpha value is -1.08. The van der Waals surface area contributed by atoms with Gasteiger partial charge in [0.15, 0.2) is 0 Å². The highest BCUT2D eigenvalue weighted by Crippen LogP contribution is 2.37. The number of benzene rings is 1. The summed E-state index contributed by atoms with van der Waals surface area (Å²) in [6, 6.07) is 2.44. The van der Waals surface area contributed by atoms with E-state index in [9.17, 15) is 18.0 Å². The lowest BCUT2D eigenvalue weighted by Gasteiger charge is -2.29. The second kappa shape index (κ2) is 5.73. The molecule has 3 nitrogen and oxygen atoms in total. The van der Waals surface area contributed by atoms with E-state index in [1.165, 1.54) is 27.0 Å². The average molecular weight is 354 g/mol. The van der Waals surface area contributed by atoms with E-state index in [2.05, 4.69) is 20.7 Å². The van der Waals surface area contributed by atoms with E-state index >= 15 is 0 Å². The molecule has 112 valence electrons. The summed E-state index contributed by atoms with van der Waals surface area (Å²) in [5.41, 5.74) is 4.19. The predicted molar refractivity (Wildman–Crippen MR) is 71.9 cm³/mol. The lowest BCUT2D eigenvalue weighted by Crippen LogP contribution is -2.37. The molecule has 0 spiro atoms. The number of carbonyl (C=O) groups excluding carboxylic acids is 1. The van der Waals surface area contributed by atoms with E-state index < -0.39 is 29.2 Å². The van der Waals surface area contributed by atoms with Gasteiger partial charge in [0.2, 0.25) is 0 Å². The molecule has 0 fully saturated rings. The minimum Gasteiger partial charge on any atom is -0.469 e. The Morgan fingerprint density at radius 1 is 1.30 bits per heavy atom. The Morgan fingerprint density at radius 2 is 1.85 bits per heavy atom. The summed E-state index contributed by atoms with van der Waals surface area (Å²) in [4.78, 5) is 11.7. The van der Waals surface area contributed by atoms with Crippen molar-refractivity contribution < 1.29 is 22.7 Å². The molecule has 0 saturated heterocycles. The fourth-order valence-corrected chi connectivity index (χ4v) is 2.27. The molecule has 1 aromatic carbocycles. The van der Waals surface area contributed by atoms with Gasteiger partial charge in [-0.25, -0.2) is 0 Å². The van der Waals surface area contributed by atoms with Crippen molar-refractivity contribution in [3.8, 4) is 0 Å². The molecule has 20 heavy (non-hydrogen) atoms. The van der Waals surface area contributed by atoms with Crippen LogP contribution in [-0.2, 0) is 15.7 Å². The van der Waals surface area contributed by atoms with Crippen LogP contribution in [0.15, 0.2) is 22.7 Å². The zero-order valence-corrected chi connectivity index (χ0v) is 12.8. The number of ether oxygens (including phenoxy) is 1. The first-order valence-electron chi connectivity index (χ1n) is 5.72. The molecule has 0 aromatic heterocycles. The highest BCUT2D eigenvalue weighted by Gasteiger charge is 2.38. The normalized spacial score (nSPS) is 14.0. The molecule has 0 amide bonds. The molecule has 0 unspecified atom stereocenters. The van der Waals surface area contributed by atoms with E-state index in [1.807, 2.05) is 0 Å². The lowest BCUT2D eigenvalue weighted by atomic mass is 9.80. The second-order valence-corrected chi connectivity index (χ2v) is 5.88. The number of hydrogen-bond acceptors (Lipinski definition) is 3. The molecule has 0 heterocycles. The van der Waals surface area contributed by atoms with E-state index in [4.69, 9.17) is 5.73 Å². The second-order valence-electron chi connectivity index (χ2n) is 4.96. The SMILES string of the molecule is COC(=O)C(C)(C)[C@@H](N)c1cc(Br)cc(C(F)(F)F)c1. The third kappa shape index (κ3) is 3.52. The van der Waals surface area contributed by atoms with Gasteiger partial charge in [0.05, 0.1) is 18.1 Å². The maximum Gasteiger partial charge on any atom is 0.416 e. The Labute approximate surface area is 123 Å². The molecule has 0 radical (unpaired) electrons. The van der Waals surface area contributed by atoms with Crippen LogP contribution in [-0.4, -0.2) is 13.1 Å². The minimum atomic E-state index is -4.48. The van der Waals surface area contributed by atoms with E-state index in [1.54, 1.807) is 0 Å². The van der Waals surface area contributed by atoms with Crippen molar-refractivity contribution in [2.45, 2.75) is 26.1 Å². The molecular formula is C13H15BrF3NO2. The standard InChI is InChI=1S/C13H15BrF3NO2/c1-12(2,11(19)20-3)10(18)7-4-8(13(15,16)17)6-9(14)5-7/h4-6,10H,18H2,1-3H3/t10-/m0/s1. The summed E-state index contributed by atoms with van der Waals surface area (Å²) in [6.45, 7) is 3.05. The Bertz CT molecular complexity index is 515. The van der Waals surface area contributed by atoms with Crippen LogP contribution in [0.2, 0.25) is 0 Å². The number of esters is 1. The van der Waals surface area contributed by atoms with Crippen LogP contribution in [0.25, 0.3) is 0 Å². The number of carbonyl (C=O) groups is 1. The number of hydrogen-bond donors (Lipinski definition) is 1. The van der Waals surface area contributed by atoms with Crippen molar-refractivity contribution in [1.82, 2.24) is 0 Å². The van der Waals surface area contributed by atoms with Crippen LogP contribution >= 0.6 is 15.9 Å². The van der Waals surface area contributed by atoms with Gasteiger partial charge in [-0.3, -0.25) is 4.79 Å². The smallest absolute Gasteiger partial charge is 0.416 e. The molecule has 0 saturated carbocycles. The summed E-state index contributed by atoms with van der Waals surface area (Å²) in [5.74, 6) is -0.585. The molecule has 1 aromatic rings. The zero-order valence-electron chi connectivity index (χ0n) is 11.2. The van der Waals surface area contributed by atoms with Gasteiger partial charge in [-0.15, -0.1) is 0 Å². The highest BCUT2D eigenvalue weighted by molar-refractivity contribution is 9.10. The molecule has 2 N–H and O–H groups in total. The maximum absolute atomic E-state index is 12.8.